The van der Waals surface area contributed by atoms with Gasteiger partial charge in [-0.1, -0.05) is 29.3 Å². The highest BCUT2D eigenvalue weighted by atomic mass is 35.5. The summed E-state index contributed by atoms with van der Waals surface area (Å²) in [6.07, 6.45) is 0.647. The third-order valence-electron chi connectivity index (χ3n) is 1.99. The van der Waals surface area contributed by atoms with Crippen molar-refractivity contribution in [2.45, 2.75) is 19.4 Å². The Labute approximate surface area is 89.0 Å². The number of phenols is 1. The first kappa shape index (κ1) is 11.1. The molecule has 0 amide bonds. The molecule has 2 nitrogen and oxygen atoms in total. The lowest BCUT2D eigenvalue weighted by molar-refractivity contribution is 0.461. The second-order valence-corrected chi connectivity index (χ2v) is 3.85. The lowest BCUT2D eigenvalue weighted by Gasteiger charge is -2.13. The number of rotatable bonds is 3. The number of hydrogen-bond donors (Lipinski definition) is 2. The summed E-state index contributed by atoms with van der Waals surface area (Å²) in [5.74, 6) is 0.0721. The number of nitrogens with two attached hydrogens (primary N) is 1. The van der Waals surface area contributed by atoms with Crippen molar-refractivity contribution >= 4 is 11.6 Å². The van der Waals surface area contributed by atoms with Crippen LogP contribution in [-0.2, 0) is 0 Å². The molecule has 1 aromatic rings. The molecule has 0 fully saturated rings. The van der Waals surface area contributed by atoms with Gasteiger partial charge in [-0.05, 0) is 19.4 Å². The highest BCUT2D eigenvalue weighted by Gasteiger charge is 2.12. The van der Waals surface area contributed by atoms with Crippen molar-refractivity contribution in [3.8, 4) is 5.75 Å². The van der Waals surface area contributed by atoms with Gasteiger partial charge in [-0.15, -0.1) is 6.58 Å². The van der Waals surface area contributed by atoms with Crippen LogP contribution in [0.25, 0.3) is 0 Å². The molecule has 0 aliphatic carbocycles. The predicted octanol–water partition coefficient (Wildman–Crippen LogP) is 3.01. The fourth-order valence-electron chi connectivity index (χ4n) is 1.32. The van der Waals surface area contributed by atoms with E-state index < -0.39 is 0 Å². The van der Waals surface area contributed by atoms with Crippen molar-refractivity contribution in [3.05, 3.63) is 40.9 Å². The fraction of sp³-hybridized carbons (Fsp3) is 0.273. The number of phenolic OH excluding ortho intramolecular Hbond substituents is 1. The quantitative estimate of drug-likeness (QED) is 0.755. The molecule has 0 unspecified atom stereocenters. The minimum Gasteiger partial charge on any atom is -0.506 e. The van der Waals surface area contributed by atoms with Crippen molar-refractivity contribution in [3.63, 3.8) is 0 Å². The Hall–Kier alpha value is -0.990. The molecule has 14 heavy (non-hydrogen) atoms. The minimum absolute atomic E-state index is 0.0721. The van der Waals surface area contributed by atoms with Crippen LogP contribution >= 0.6 is 11.6 Å². The van der Waals surface area contributed by atoms with E-state index in [4.69, 9.17) is 17.3 Å². The molecule has 0 aromatic heterocycles. The van der Waals surface area contributed by atoms with E-state index in [1.807, 2.05) is 6.92 Å². The van der Waals surface area contributed by atoms with Crippen LogP contribution < -0.4 is 5.73 Å². The molecule has 76 valence electrons. The van der Waals surface area contributed by atoms with Crippen molar-refractivity contribution < 1.29 is 5.11 Å². The van der Waals surface area contributed by atoms with Gasteiger partial charge in [0.2, 0.25) is 0 Å². The average Bonchev–Trinajstić information content (AvgIpc) is 2.08. The molecule has 1 rings (SSSR count). The monoisotopic (exact) mass is 211 g/mol. The molecule has 0 saturated carbocycles. The van der Waals surface area contributed by atoms with Gasteiger partial charge in [0.25, 0.3) is 0 Å². The van der Waals surface area contributed by atoms with Crippen molar-refractivity contribution in [1.29, 1.82) is 0 Å². The summed E-state index contributed by atoms with van der Waals surface area (Å²) in [6.45, 7) is 5.68. The number of benzene rings is 1. The lowest BCUT2D eigenvalue weighted by Crippen LogP contribution is -2.10. The van der Waals surface area contributed by atoms with Crippen LogP contribution in [0.1, 0.15) is 24.9 Å². The van der Waals surface area contributed by atoms with Crippen LogP contribution in [0.5, 0.6) is 5.75 Å². The Kier molecular flexibility index (Phi) is 3.55. The topological polar surface area (TPSA) is 46.2 Å². The molecule has 0 radical (unpaired) electrons. The fourth-order valence-corrected chi connectivity index (χ4v) is 1.50. The molecule has 0 bridgehead atoms. The van der Waals surface area contributed by atoms with E-state index in [2.05, 4.69) is 6.58 Å². The van der Waals surface area contributed by atoms with Crippen LogP contribution in [-0.4, -0.2) is 5.11 Å². The van der Waals surface area contributed by atoms with Crippen LogP contribution in [0, 0.1) is 0 Å². The highest BCUT2D eigenvalue weighted by Crippen LogP contribution is 2.32. The Morgan fingerprint density at radius 2 is 2.29 bits per heavy atom. The first-order valence-electron chi connectivity index (χ1n) is 4.39. The van der Waals surface area contributed by atoms with E-state index in [-0.39, 0.29) is 11.8 Å². The van der Waals surface area contributed by atoms with Gasteiger partial charge < -0.3 is 10.8 Å². The molecule has 0 heterocycles. The molecule has 3 heteroatoms. The summed E-state index contributed by atoms with van der Waals surface area (Å²) in [4.78, 5) is 0. The molecular weight excluding hydrogens is 198 g/mol. The zero-order chi connectivity index (χ0) is 10.7. The first-order valence-corrected chi connectivity index (χ1v) is 4.77. The SMILES string of the molecule is C=C(C)C[C@@H](N)c1cccc(Cl)c1O. The molecular formula is C11H14ClNO. The third kappa shape index (κ3) is 2.50. The number of para-hydroxylation sites is 1. The summed E-state index contributed by atoms with van der Waals surface area (Å²) in [7, 11) is 0. The van der Waals surface area contributed by atoms with Crippen molar-refractivity contribution in [1.82, 2.24) is 0 Å². The minimum atomic E-state index is -0.244. The van der Waals surface area contributed by atoms with Crippen molar-refractivity contribution in [2.24, 2.45) is 5.73 Å². The van der Waals surface area contributed by atoms with E-state index in [1.54, 1.807) is 18.2 Å². The third-order valence-corrected chi connectivity index (χ3v) is 2.29. The van der Waals surface area contributed by atoms with E-state index in [0.717, 1.165) is 5.57 Å². The van der Waals surface area contributed by atoms with Gasteiger partial charge in [0.05, 0.1) is 5.02 Å². The maximum Gasteiger partial charge on any atom is 0.138 e. The molecule has 0 aliphatic heterocycles. The summed E-state index contributed by atoms with van der Waals surface area (Å²) < 4.78 is 0. The summed E-state index contributed by atoms with van der Waals surface area (Å²) in [5, 5.41) is 9.97. The molecule has 0 aliphatic rings. The number of aromatic hydroxyl groups is 1. The van der Waals surface area contributed by atoms with E-state index in [9.17, 15) is 5.11 Å². The van der Waals surface area contributed by atoms with E-state index in [1.165, 1.54) is 0 Å². The van der Waals surface area contributed by atoms with E-state index >= 15 is 0 Å². The van der Waals surface area contributed by atoms with Crippen LogP contribution in [0.3, 0.4) is 0 Å². The normalized spacial score (nSPS) is 12.5. The van der Waals surface area contributed by atoms with Gasteiger partial charge in [0, 0.05) is 11.6 Å². The molecule has 1 aromatic carbocycles. The highest BCUT2D eigenvalue weighted by molar-refractivity contribution is 6.32. The van der Waals surface area contributed by atoms with Gasteiger partial charge in [0.15, 0.2) is 0 Å². The Morgan fingerprint density at radius 3 is 2.86 bits per heavy atom. The van der Waals surface area contributed by atoms with Crippen LogP contribution in [0.4, 0.5) is 0 Å². The van der Waals surface area contributed by atoms with Gasteiger partial charge >= 0.3 is 0 Å². The molecule has 0 saturated heterocycles. The maximum atomic E-state index is 9.64. The van der Waals surface area contributed by atoms with E-state index in [0.29, 0.717) is 17.0 Å². The smallest absolute Gasteiger partial charge is 0.138 e. The lowest BCUT2D eigenvalue weighted by atomic mass is 10.0. The van der Waals surface area contributed by atoms with Crippen LogP contribution in [0.15, 0.2) is 30.4 Å². The van der Waals surface area contributed by atoms with Gasteiger partial charge in [-0.25, -0.2) is 0 Å². The maximum absolute atomic E-state index is 9.64. The first-order chi connectivity index (χ1) is 6.52. The van der Waals surface area contributed by atoms with Gasteiger partial charge in [-0.2, -0.15) is 0 Å². The zero-order valence-electron chi connectivity index (χ0n) is 8.13. The Morgan fingerprint density at radius 1 is 1.64 bits per heavy atom. The Balaban J connectivity index is 2.95. The largest absolute Gasteiger partial charge is 0.506 e. The predicted molar refractivity (Wildman–Crippen MR) is 59.5 cm³/mol. The summed E-state index contributed by atoms with van der Waals surface area (Å²) in [6, 6.07) is 4.93. The average molecular weight is 212 g/mol. The van der Waals surface area contributed by atoms with Crippen molar-refractivity contribution in [2.75, 3.05) is 0 Å². The second-order valence-electron chi connectivity index (χ2n) is 3.45. The van der Waals surface area contributed by atoms with Crippen LogP contribution in [0.2, 0.25) is 5.02 Å². The summed E-state index contributed by atoms with van der Waals surface area (Å²) in [5.41, 5.74) is 7.54. The second kappa shape index (κ2) is 4.49. The molecule has 1 atom stereocenters. The standard InChI is InChI=1S/C11H14ClNO/c1-7(2)6-10(13)8-4-3-5-9(12)11(8)14/h3-5,10,14H,1,6,13H2,2H3/t10-/m1/s1. The molecule has 3 N–H and O–H groups in total. The Bertz CT molecular complexity index is 349. The summed E-state index contributed by atoms with van der Waals surface area (Å²) >= 11 is 5.77. The van der Waals surface area contributed by atoms with Gasteiger partial charge in [-0.3, -0.25) is 0 Å². The zero-order valence-corrected chi connectivity index (χ0v) is 8.88. The number of hydrogen-bond acceptors (Lipinski definition) is 2. The number of halogens is 1. The van der Waals surface area contributed by atoms with Gasteiger partial charge in [0.1, 0.15) is 5.75 Å². The molecule has 0 spiro atoms.